The van der Waals surface area contributed by atoms with Crippen molar-refractivity contribution in [2.24, 2.45) is 0 Å². The van der Waals surface area contributed by atoms with Crippen molar-refractivity contribution in [2.45, 2.75) is 6.61 Å². The van der Waals surface area contributed by atoms with Crippen LogP contribution < -0.4 is 4.74 Å². The summed E-state index contributed by atoms with van der Waals surface area (Å²) >= 11 is 5.78. The van der Waals surface area contributed by atoms with E-state index in [1.165, 1.54) is 36.4 Å². The second-order valence-electron chi connectivity index (χ2n) is 3.73. The van der Waals surface area contributed by atoms with E-state index in [1.54, 1.807) is 6.07 Å². The Morgan fingerprint density at radius 3 is 2.58 bits per heavy atom. The first-order chi connectivity index (χ1) is 9.13. The lowest BCUT2D eigenvalue weighted by atomic mass is 10.1. The van der Waals surface area contributed by atoms with Crippen LogP contribution in [0.4, 0.5) is 8.78 Å². The average molecular weight is 280 g/mol. The highest BCUT2D eigenvalue weighted by Gasteiger charge is 2.11. The smallest absolute Gasteiger partial charge is 0.174 e. The summed E-state index contributed by atoms with van der Waals surface area (Å²) in [7, 11) is 0. The Balaban J connectivity index is 2.22. The number of ether oxygens (including phenoxy) is 1. The molecule has 0 heterocycles. The Morgan fingerprint density at radius 1 is 1.16 bits per heavy atom. The van der Waals surface area contributed by atoms with Crippen LogP contribution in [-0.2, 0) is 6.61 Å². The van der Waals surface area contributed by atoms with Crippen LogP contribution in [-0.4, -0.2) is 0 Å². The van der Waals surface area contributed by atoms with Gasteiger partial charge in [-0.15, -0.1) is 0 Å². The molecule has 0 unspecified atom stereocenters. The summed E-state index contributed by atoms with van der Waals surface area (Å²) in [5.74, 6) is -1.42. The van der Waals surface area contributed by atoms with Gasteiger partial charge in [0.25, 0.3) is 0 Å². The summed E-state index contributed by atoms with van der Waals surface area (Å²) in [6, 6.07) is 10.2. The van der Waals surface area contributed by atoms with E-state index in [1.807, 2.05) is 0 Å². The van der Waals surface area contributed by atoms with Crippen LogP contribution in [0, 0.1) is 23.0 Å². The van der Waals surface area contributed by atoms with Gasteiger partial charge in [0.1, 0.15) is 18.5 Å². The maximum absolute atomic E-state index is 13.7. The zero-order valence-electron chi connectivity index (χ0n) is 9.66. The number of hydrogen-bond donors (Lipinski definition) is 0. The van der Waals surface area contributed by atoms with Crippen molar-refractivity contribution >= 4 is 11.6 Å². The minimum Gasteiger partial charge on any atom is -0.484 e. The molecule has 0 fully saturated rings. The van der Waals surface area contributed by atoms with Gasteiger partial charge in [0, 0.05) is 5.56 Å². The lowest BCUT2D eigenvalue weighted by molar-refractivity contribution is 0.285. The monoisotopic (exact) mass is 279 g/mol. The molecule has 0 saturated carbocycles. The summed E-state index contributed by atoms with van der Waals surface area (Å²) in [5.41, 5.74) is 0.0825. The normalized spacial score (nSPS) is 10.0. The highest BCUT2D eigenvalue weighted by molar-refractivity contribution is 6.32. The minimum atomic E-state index is -0.669. The first-order valence-electron chi connectivity index (χ1n) is 5.37. The predicted molar refractivity (Wildman–Crippen MR) is 66.9 cm³/mol. The van der Waals surface area contributed by atoms with Crippen LogP contribution in [0.5, 0.6) is 5.75 Å². The lowest BCUT2D eigenvalue weighted by Gasteiger charge is -2.09. The number of nitrogens with zero attached hydrogens (tertiary/aromatic N) is 1. The fraction of sp³-hybridized carbons (Fsp3) is 0.0714. The molecule has 96 valence electrons. The fourth-order valence-electron chi connectivity index (χ4n) is 1.55. The molecule has 0 bridgehead atoms. The average Bonchev–Trinajstić information content (AvgIpc) is 2.40. The molecular formula is C14H8ClF2NO. The third-order valence-electron chi connectivity index (χ3n) is 2.49. The quantitative estimate of drug-likeness (QED) is 0.848. The molecule has 19 heavy (non-hydrogen) atoms. The van der Waals surface area contributed by atoms with Crippen LogP contribution in [0.1, 0.15) is 11.1 Å². The number of rotatable bonds is 3. The molecule has 0 aliphatic heterocycles. The van der Waals surface area contributed by atoms with Gasteiger partial charge in [0.05, 0.1) is 10.6 Å². The first kappa shape index (κ1) is 13.3. The summed E-state index contributed by atoms with van der Waals surface area (Å²) < 4.78 is 32.4. The van der Waals surface area contributed by atoms with Gasteiger partial charge in [-0.1, -0.05) is 29.8 Å². The maximum atomic E-state index is 13.7. The number of halogens is 3. The molecule has 0 aromatic heterocycles. The Morgan fingerprint density at radius 2 is 1.89 bits per heavy atom. The van der Waals surface area contributed by atoms with Crippen molar-refractivity contribution < 1.29 is 13.5 Å². The van der Waals surface area contributed by atoms with E-state index in [2.05, 4.69) is 0 Å². The van der Waals surface area contributed by atoms with Gasteiger partial charge in [-0.25, -0.2) is 8.78 Å². The molecule has 2 rings (SSSR count). The van der Waals surface area contributed by atoms with Crippen LogP contribution in [0.15, 0.2) is 36.4 Å². The Hall–Kier alpha value is -2.12. The predicted octanol–water partition coefficient (Wildman–Crippen LogP) is 4.07. The largest absolute Gasteiger partial charge is 0.484 e. The van der Waals surface area contributed by atoms with E-state index in [0.717, 1.165) is 0 Å². The number of benzene rings is 2. The van der Waals surface area contributed by atoms with Crippen LogP contribution in [0.3, 0.4) is 0 Å². The highest BCUT2D eigenvalue weighted by Crippen LogP contribution is 2.28. The van der Waals surface area contributed by atoms with E-state index in [9.17, 15) is 8.78 Å². The molecule has 2 aromatic carbocycles. The van der Waals surface area contributed by atoms with Crippen LogP contribution >= 0.6 is 11.6 Å². The number of para-hydroxylation sites is 1. The Kier molecular flexibility index (Phi) is 3.98. The fourth-order valence-corrected chi connectivity index (χ4v) is 1.77. The van der Waals surface area contributed by atoms with Crippen LogP contribution in [0.25, 0.3) is 0 Å². The first-order valence-corrected chi connectivity index (χ1v) is 5.75. The molecule has 0 atom stereocenters. The van der Waals surface area contributed by atoms with Gasteiger partial charge >= 0.3 is 0 Å². The van der Waals surface area contributed by atoms with E-state index in [0.29, 0.717) is 0 Å². The molecule has 2 aromatic rings. The van der Waals surface area contributed by atoms with Crippen molar-refractivity contribution in [1.82, 2.24) is 0 Å². The molecule has 5 heteroatoms. The molecular weight excluding hydrogens is 272 g/mol. The Bertz CT molecular complexity index is 632. The standard InChI is InChI=1S/C14H8ClF2NO/c15-11-5-2-6-12(16)14(11)19-8-10-4-1-3-9(7-18)13(10)17/h1-6H,8H2. The van der Waals surface area contributed by atoms with Gasteiger partial charge in [0.15, 0.2) is 11.6 Å². The molecule has 0 radical (unpaired) electrons. The second-order valence-corrected chi connectivity index (χ2v) is 4.14. The van der Waals surface area contributed by atoms with Gasteiger partial charge in [0.2, 0.25) is 0 Å². The highest BCUT2D eigenvalue weighted by atomic mass is 35.5. The van der Waals surface area contributed by atoms with Gasteiger partial charge < -0.3 is 4.74 Å². The van der Waals surface area contributed by atoms with E-state index >= 15 is 0 Å². The van der Waals surface area contributed by atoms with Crippen molar-refractivity contribution in [2.75, 3.05) is 0 Å². The molecule has 0 spiro atoms. The molecule has 0 N–H and O–H groups in total. The SMILES string of the molecule is N#Cc1cccc(COc2c(F)cccc2Cl)c1F. The summed E-state index contributed by atoms with van der Waals surface area (Å²) in [6.07, 6.45) is 0. The van der Waals surface area contributed by atoms with Gasteiger partial charge in [-0.3, -0.25) is 0 Å². The summed E-state index contributed by atoms with van der Waals surface area (Å²) in [5, 5.41) is 8.81. The molecule has 0 saturated heterocycles. The lowest BCUT2D eigenvalue weighted by Crippen LogP contribution is -2.02. The van der Waals surface area contributed by atoms with E-state index < -0.39 is 11.6 Å². The Labute approximate surface area is 113 Å². The molecule has 0 aliphatic rings. The third-order valence-corrected chi connectivity index (χ3v) is 2.79. The summed E-state index contributed by atoms with van der Waals surface area (Å²) in [6.45, 7) is -0.206. The number of nitriles is 1. The zero-order chi connectivity index (χ0) is 13.8. The third kappa shape index (κ3) is 2.83. The molecule has 0 aliphatic carbocycles. The van der Waals surface area contributed by atoms with Crippen molar-refractivity contribution in [1.29, 1.82) is 5.26 Å². The van der Waals surface area contributed by atoms with Gasteiger partial charge in [-0.2, -0.15) is 5.26 Å². The van der Waals surface area contributed by atoms with Crippen LogP contribution in [0.2, 0.25) is 5.02 Å². The molecule has 2 nitrogen and oxygen atoms in total. The number of hydrogen-bond acceptors (Lipinski definition) is 2. The minimum absolute atomic E-state index is 0.0827. The van der Waals surface area contributed by atoms with Crippen molar-refractivity contribution in [3.8, 4) is 11.8 Å². The van der Waals surface area contributed by atoms with Crippen molar-refractivity contribution in [3.63, 3.8) is 0 Å². The van der Waals surface area contributed by atoms with E-state index in [-0.39, 0.29) is 28.5 Å². The van der Waals surface area contributed by atoms with Gasteiger partial charge in [-0.05, 0) is 18.2 Å². The summed E-state index contributed by atoms with van der Waals surface area (Å²) in [4.78, 5) is 0. The topological polar surface area (TPSA) is 33.0 Å². The maximum Gasteiger partial charge on any atom is 0.174 e. The van der Waals surface area contributed by atoms with Crippen molar-refractivity contribution in [3.05, 3.63) is 64.2 Å². The zero-order valence-corrected chi connectivity index (χ0v) is 10.4. The van der Waals surface area contributed by atoms with E-state index in [4.69, 9.17) is 21.6 Å². The molecule has 0 amide bonds. The second kappa shape index (κ2) is 5.68.